The quantitative estimate of drug-likeness (QED) is 0.802. The Morgan fingerprint density at radius 3 is 2.30 bits per heavy atom. The van der Waals surface area contributed by atoms with E-state index in [2.05, 4.69) is 0 Å². The van der Waals surface area contributed by atoms with E-state index in [0.29, 0.717) is 5.56 Å². The molecule has 0 saturated heterocycles. The van der Waals surface area contributed by atoms with E-state index >= 15 is 0 Å². The van der Waals surface area contributed by atoms with Gasteiger partial charge in [0.05, 0.1) is 5.75 Å². The van der Waals surface area contributed by atoms with Crippen LogP contribution < -0.4 is 0 Å². The molecule has 5 heteroatoms. The Morgan fingerprint density at radius 1 is 1.25 bits per heavy atom. The Balaban J connectivity index is 2.89. The maximum absolute atomic E-state index is 12.3. The van der Waals surface area contributed by atoms with E-state index in [1.807, 2.05) is 19.1 Å². The molecule has 0 bridgehead atoms. The van der Waals surface area contributed by atoms with Gasteiger partial charge in [0.2, 0.25) is 0 Å². The molecule has 0 aromatic heterocycles. The van der Waals surface area contributed by atoms with E-state index < -0.39 is 26.7 Å². The third kappa shape index (κ3) is 4.63. The van der Waals surface area contributed by atoms with Crippen LogP contribution in [0.2, 0.25) is 0 Å². The molecule has 0 amide bonds. The van der Waals surface area contributed by atoms with Crippen molar-refractivity contribution in [3.8, 4) is 0 Å². The fraction of sp³-hybridized carbons (Fsp3) is 0.533. The van der Waals surface area contributed by atoms with Crippen LogP contribution in [0.15, 0.2) is 24.3 Å². The number of rotatable bonds is 4. The zero-order chi connectivity index (χ0) is 15.6. The van der Waals surface area contributed by atoms with Crippen LogP contribution in [0.5, 0.6) is 0 Å². The van der Waals surface area contributed by atoms with Crippen molar-refractivity contribution in [2.45, 2.75) is 51.2 Å². The molecular weight excluding hydrogens is 276 g/mol. The van der Waals surface area contributed by atoms with Crippen molar-refractivity contribution in [1.29, 1.82) is 0 Å². The molecular formula is C15H22O4S. The second kappa shape index (κ2) is 5.95. The van der Waals surface area contributed by atoms with E-state index in [4.69, 9.17) is 4.74 Å². The Labute approximate surface area is 121 Å². The number of sulfone groups is 1. The highest BCUT2D eigenvalue weighted by atomic mass is 32.2. The average molecular weight is 298 g/mol. The molecule has 0 N–H and O–H groups in total. The molecule has 0 aliphatic heterocycles. The van der Waals surface area contributed by atoms with E-state index in [1.165, 1.54) is 6.92 Å². The first kappa shape index (κ1) is 16.7. The van der Waals surface area contributed by atoms with Crippen LogP contribution in [0.4, 0.5) is 0 Å². The summed E-state index contributed by atoms with van der Waals surface area (Å²) in [6.07, 6.45) is 0. The second-order valence-corrected chi connectivity index (χ2v) is 8.23. The highest BCUT2D eigenvalue weighted by Crippen LogP contribution is 2.18. The molecule has 0 aliphatic rings. The van der Waals surface area contributed by atoms with Gasteiger partial charge in [-0.15, -0.1) is 0 Å². The topological polar surface area (TPSA) is 60.4 Å². The van der Waals surface area contributed by atoms with Crippen molar-refractivity contribution in [1.82, 2.24) is 0 Å². The first-order valence-electron chi connectivity index (χ1n) is 6.52. The Bertz CT molecular complexity index is 582. The molecule has 1 aromatic rings. The summed E-state index contributed by atoms with van der Waals surface area (Å²) in [6.45, 7) is 8.37. The monoisotopic (exact) mass is 298 g/mol. The summed E-state index contributed by atoms with van der Waals surface area (Å²) in [5, 5.41) is -1.17. The highest BCUT2D eigenvalue weighted by molar-refractivity contribution is 7.92. The summed E-state index contributed by atoms with van der Waals surface area (Å²) in [5.74, 6) is -0.855. The predicted molar refractivity (Wildman–Crippen MR) is 79.1 cm³/mol. The zero-order valence-corrected chi connectivity index (χ0v) is 13.5. The lowest BCUT2D eigenvalue weighted by Crippen LogP contribution is -2.35. The molecule has 0 saturated carbocycles. The van der Waals surface area contributed by atoms with Crippen LogP contribution in [-0.4, -0.2) is 25.2 Å². The Hall–Kier alpha value is -1.36. The molecule has 20 heavy (non-hydrogen) atoms. The van der Waals surface area contributed by atoms with Crippen molar-refractivity contribution in [3.05, 3.63) is 35.4 Å². The van der Waals surface area contributed by atoms with Gasteiger partial charge in [0.25, 0.3) is 0 Å². The van der Waals surface area contributed by atoms with Crippen molar-refractivity contribution >= 4 is 15.8 Å². The van der Waals surface area contributed by atoms with Gasteiger partial charge in [-0.2, -0.15) is 0 Å². The fourth-order valence-electron chi connectivity index (χ4n) is 1.65. The zero-order valence-electron chi connectivity index (χ0n) is 12.6. The molecule has 0 aliphatic carbocycles. The third-order valence-electron chi connectivity index (χ3n) is 2.90. The van der Waals surface area contributed by atoms with Gasteiger partial charge in [-0.25, -0.2) is 8.42 Å². The summed E-state index contributed by atoms with van der Waals surface area (Å²) in [4.78, 5) is 11.9. The van der Waals surface area contributed by atoms with Gasteiger partial charge in [0.1, 0.15) is 5.60 Å². The standard InChI is InChI=1S/C15H22O4S/c1-11-8-6-7-9-13(11)10-20(17,18)12(2)14(16)19-15(3,4)5/h6-9,12H,10H2,1-5H3. The van der Waals surface area contributed by atoms with Crippen molar-refractivity contribution in [3.63, 3.8) is 0 Å². The number of benzene rings is 1. The number of ether oxygens (including phenoxy) is 1. The minimum absolute atomic E-state index is 0.153. The number of hydrogen-bond donors (Lipinski definition) is 0. The number of carbonyl (C=O) groups excluding carboxylic acids is 1. The average Bonchev–Trinajstić information content (AvgIpc) is 2.28. The van der Waals surface area contributed by atoms with Gasteiger partial charge in [-0.1, -0.05) is 24.3 Å². The predicted octanol–water partition coefficient (Wildman–Crippen LogP) is 2.64. The SMILES string of the molecule is Cc1ccccc1CS(=O)(=O)C(C)C(=O)OC(C)(C)C. The molecule has 0 spiro atoms. The molecule has 4 nitrogen and oxygen atoms in total. The minimum Gasteiger partial charge on any atom is -0.459 e. The summed E-state index contributed by atoms with van der Waals surface area (Å²) >= 11 is 0. The van der Waals surface area contributed by atoms with Gasteiger partial charge in [-0.05, 0) is 45.7 Å². The second-order valence-electron chi connectivity index (χ2n) is 5.91. The van der Waals surface area contributed by atoms with Crippen LogP contribution in [0.25, 0.3) is 0 Å². The first-order chi connectivity index (χ1) is 9.03. The number of carbonyl (C=O) groups is 1. The van der Waals surface area contributed by atoms with Crippen LogP contribution in [0.3, 0.4) is 0 Å². The van der Waals surface area contributed by atoms with E-state index in [9.17, 15) is 13.2 Å². The lowest BCUT2D eigenvalue weighted by atomic mass is 10.1. The molecule has 0 fully saturated rings. The van der Waals surface area contributed by atoms with Gasteiger partial charge in [0, 0.05) is 0 Å². The van der Waals surface area contributed by atoms with Crippen molar-refractivity contribution < 1.29 is 17.9 Å². The molecule has 112 valence electrons. The molecule has 0 radical (unpaired) electrons. The number of esters is 1. The van der Waals surface area contributed by atoms with Gasteiger partial charge in [0.15, 0.2) is 15.1 Å². The molecule has 0 heterocycles. The molecule has 1 rings (SSSR count). The summed E-state index contributed by atoms with van der Waals surface area (Å²) in [6, 6.07) is 7.25. The molecule has 1 unspecified atom stereocenters. The van der Waals surface area contributed by atoms with E-state index in [-0.39, 0.29) is 5.75 Å². The summed E-state index contributed by atoms with van der Waals surface area (Å²) in [7, 11) is -3.58. The summed E-state index contributed by atoms with van der Waals surface area (Å²) < 4.78 is 29.7. The largest absolute Gasteiger partial charge is 0.459 e. The Kier molecular flexibility index (Phi) is 4.97. The highest BCUT2D eigenvalue weighted by Gasteiger charge is 2.32. The maximum Gasteiger partial charge on any atom is 0.324 e. The van der Waals surface area contributed by atoms with Gasteiger partial charge >= 0.3 is 5.97 Å². The van der Waals surface area contributed by atoms with Gasteiger partial charge in [-0.3, -0.25) is 4.79 Å². The Morgan fingerprint density at radius 2 is 1.80 bits per heavy atom. The van der Waals surface area contributed by atoms with Gasteiger partial charge < -0.3 is 4.74 Å². The number of hydrogen-bond acceptors (Lipinski definition) is 4. The van der Waals surface area contributed by atoms with E-state index in [1.54, 1.807) is 32.9 Å². The molecule has 1 atom stereocenters. The minimum atomic E-state index is -3.58. The lowest BCUT2D eigenvalue weighted by Gasteiger charge is -2.22. The van der Waals surface area contributed by atoms with Crippen LogP contribution >= 0.6 is 0 Å². The normalized spacial score (nSPS) is 13.8. The van der Waals surface area contributed by atoms with Crippen LogP contribution in [-0.2, 0) is 25.1 Å². The van der Waals surface area contributed by atoms with Crippen LogP contribution in [0.1, 0.15) is 38.8 Å². The van der Waals surface area contributed by atoms with E-state index in [0.717, 1.165) is 5.56 Å². The number of aryl methyl sites for hydroxylation is 1. The smallest absolute Gasteiger partial charge is 0.324 e. The fourth-order valence-corrected chi connectivity index (χ4v) is 2.99. The molecule has 1 aromatic carbocycles. The van der Waals surface area contributed by atoms with Crippen molar-refractivity contribution in [2.24, 2.45) is 0 Å². The van der Waals surface area contributed by atoms with Crippen LogP contribution in [0, 0.1) is 6.92 Å². The lowest BCUT2D eigenvalue weighted by molar-refractivity contribution is -0.153. The summed E-state index contributed by atoms with van der Waals surface area (Å²) in [5.41, 5.74) is 0.916. The maximum atomic E-state index is 12.3. The first-order valence-corrected chi connectivity index (χ1v) is 8.23. The van der Waals surface area contributed by atoms with Crippen molar-refractivity contribution in [2.75, 3.05) is 0 Å². The third-order valence-corrected chi connectivity index (χ3v) is 4.88.